The molecule has 3 aromatic carbocycles. The Bertz CT molecular complexity index is 1200. The molecule has 6 nitrogen and oxygen atoms in total. The first kappa shape index (κ1) is 21.1. The van der Waals surface area contributed by atoms with Crippen LogP contribution in [0, 0.1) is 0 Å². The molecule has 9 heteroatoms. The van der Waals surface area contributed by atoms with Crippen LogP contribution in [0.15, 0.2) is 65.6 Å². The number of halogens is 2. The molecule has 3 aromatic rings. The van der Waals surface area contributed by atoms with Crippen LogP contribution in [-0.2, 0) is 14.8 Å². The van der Waals surface area contributed by atoms with Gasteiger partial charge in [0.15, 0.2) is 0 Å². The Morgan fingerprint density at radius 1 is 1.00 bits per heavy atom. The van der Waals surface area contributed by atoms with E-state index >= 15 is 0 Å². The summed E-state index contributed by atoms with van der Waals surface area (Å²) in [5, 5.41) is 8.96. The van der Waals surface area contributed by atoms with Crippen LogP contribution in [0.4, 0.5) is 5.69 Å². The molecule has 0 bridgehead atoms. The Kier molecular flexibility index (Phi) is 6.14. The highest BCUT2D eigenvalue weighted by atomic mass is 35.5. The van der Waals surface area contributed by atoms with E-state index in [1.807, 2.05) is 0 Å². The van der Waals surface area contributed by atoms with Crippen LogP contribution in [0.1, 0.15) is 6.92 Å². The van der Waals surface area contributed by atoms with Crippen molar-refractivity contribution in [3.05, 3.63) is 70.7 Å². The van der Waals surface area contributed by atoms with Gasteiger partial charge in [-0.15, -0.1) is 0 Å². The van der Waals surface area contributed by atoms with E-state index in [4.69, 9.17) is 33.1 Å². The van der Waals surface area contributed by atoms with Crippen molar-refractivity contribution in [3.63, 3.8) is 0 Å². The van der Waals surface area contributed by atoms with Gasteiger partial charge in [0.05, 0.1) is 0 Å². The standard InChI is InChI=1S/C20H16Cl2N2O4S/c1-12(25)24-18-7-6-15(22)11-17(18)13-5-8-19(20(9-13)29(23,26)27)28-16-4-2-3-14(21)10-16/h2-11H,1H3,(H,24,25)(H2,23,26,27). The number of rotatable bonds is 5. The average molecular weight is 451 g/mol. The fourth-order valence-electron chi connectivity index (χ4n) is 2.69. The van der Waals surface area contributed by atoms with Crippen LogP contribution in [0.25, 0.3) is 11.1 Å². The number of nitrogens with two attached hydrogens (primary N) is 1. The van der Waals surface area contributed by atoms with E-state index in [-0.39, 0.29) is 16.6 Å². The van der Waals surface area contributed by atoms with Gasteiger partial charge in [0.1, 0.15) is 16.4 Å². The van der Waals surface area contributed by atoms with Crippen molar-refractivity contribution in [1.82, 2.24) is 0 Å². The first-order valence-corrected chi connectivity index (χ1v) is 10.6. The number of primary sulfonamides is 1. The van der Waals surface area contributed by atoms with Crippen LogP contribution in [-0.4, -0.2) is 14.3 Å². The summed E-state index contributed by atoms with van der Waals surface area (Å²) < 4.78 is 30.1. The minimum absolute atomic E-state index is 0.0432. The SMILES string of the molecule is CC(=O)Nc1ccc(Cl)cc1-c1ccc(Oc2cccc(Cl)c2)c(S(N)(=O)=O)c1. The van der Waals surface area contributed by atoms with E-state index in [0.717, 1.165) is 0 Å². The number of hydrogen-bond acceptors (Lipinski definition) is 4. The van der Waals surface area contributed by atoms with Crippen LogP contribution < -0.4 is 15.2 Å². The summed E-state index contributed by atoms with van der Waals surface area (Å²) in [6.07, 6.45) is 0. The molecule has 0 aliphatic carbocycles. The van der Waals surface area contributed by atoms with Crippen LogP contribution in [0.5, 0.6) is 11.5 Å². The average Bonchev–Trinajstić information content (AvgIpc) is 2.62. The normalized spacial score (nSPS) is 11.2. The number of carbonyl (C=O) groups is 1. The highest BCUT2D eigenvalue weighted by Crippen LogP contribution is 2.36. The highest BCUT2D eigenvalue weighted by molar-refractivity contribution is 7.89. The Labute approximate surface area is 178 Å². The minimum Gasteiger partial charge on any atom is -0.456 e. The van der Waals surface area contributed by atoms with Crippen molar-refractivity contribution in [1.29, 1.82) is 0 Å². The summed E-state index contributed by atoms with van der Waals surface area (Å²) in [5.41, 5.74) is 1.50. The Hall–Kier alpha value is -2.58. The van der Waals surface area contributed by atoms with E-state index in [9.17, 15) is 13.2 Å². The molecule has 0 heterocycles. The second kappa shape index (κ2) is 8.42. The largest absolute Gasteiger partial charge is 0.456 e. The van der Waals surface area contributed by atoms with Gasteiger partial charge in [0.2, 0.25) is 15.9 Å². The van der Waals surface area contributed by atoms with Gasteiger partial charge in [-0.2, -0.15) is 0 Å². The van der Waals surface area contributed by atoms with Gasteiger partial charge in [-0.3, -0.25) is 4.79 Å². The molecular formula is C20H16Cl2N2O4S. The van der Waals surface area contributed by atoms with Gasteiger partial charge in [-0.1, -0.05) is 35.3 Å². The molecule has 0 aliphatic heterocycles. The molecule has 150 valence electrons. The zero-order chi connectivity index (χ0) is 21.2. The third-order valence-electron chi connectivity index (χ3n) is 3.88. The summed E-state index contributed by atoms with van der Waals surface area (Å²) in [5.74, 6) is 0.125. The van der Waals surface area contributed by atoms with Crippen molar-refractivity contribution in [2.45, 2.75) is 11.8 Å². The molecule has 0 aromatic heterocycles. The van der Waals surface area contributed by atoms with Gasteiger partial charge in [-0.05, 0) is 54.1 Å². The first-order chi connectivity index (χ1) is 13.6. The summed E-state index contributed by atoms with van der Waals surface area (Å²) in [7, 11) is -4.12. The molecule has 0 aliphatic rings. The maximum atomic E-state index is 12.2. The highest BCUT2D eigenvalue weighted by Gasteiger charge is 2.19. The lowest BCUT2D eigenvalue weighted by atomic mass is 10.0. The van der Waals surface area contributed by atoms with E-state index in [0.29, 0.717) is 32.6 Å². The van der Waals surface area contributed by atoms with Crippen molar-refractivity contribution >= 4 is 44.8 Å². The fraction of sp³-hybridized carbons (Fsp3) is 0.0500. The predicted octanol–water partition coefficient (Wildman–Crippen LogP) is 5.06. The van der Waals surface area contributed by atoms with Crippen molar-refractivity contribution < 1.29 is 17.9 Å². The Balaban J connectivity index is 2.12. The maximum Gasteiger partial charge on any atom is 0.241 e. The van der Waals surface area contributed by atoms with Gasteiger partial charge in [0.25, 0.3) is 0 Å². The Morgan fingerprint density at radius 3 is 2.38 bits per heavy atom. The number of sulfonamides is 1. The van der Waals surface area contributed by atoms with Crippen molar-refractivity contribution in [2.75, 3.05) is 5.32 Å². The van der Waals surface area contributed by atoms with Gasteiger partial charge < -0.3 is 10.1 Å². The monoisotopic (exact) mass is 450 g/mol. The molecule has 0 atom stereocenters. The molecule has 0 saturated heterocycles. The molecule has 1 amide bonds. The zero-order valence-electron chi connectivity index (χ0n) is 15.1. The summed E-state index contributed by atoms with van der Waals surface area (Å²) >= 11 is 12.0. The summed E-state index contributed by atoms with van der Waals surface area (Å²) in [4.78, 5) is 11.3. The number of benzene rings is 3. The smallest absolute Gasteiger partial charge is 0.241 e. The lowest BCUT2D eigenvalue weighted by Crippen LogP contribution is -2.13. The predicted molar refractivity (Wildman–Crippen MR) is 114 cm³/mol. The Morgan fingerprint density at radius 2 is 1.72 bits per heavy atom. The van der Waals surface area contributed by atoms with E-state index in [1.54, 1.807) is 48.5 Å². The second-order valence-corrected chi connectivity index (χ2v) is 8.54. The quantitative estimate of drug-likeness (QED) is 0.567. The topological polar surface area (TPSA) is 98.5 Å². The van der Waals surface area contributed by atoms with Crippen molar-refractivity contribution in [2.24, 2.45) is 5.14 Å². The lowest BCUT2D eigenvalue weighted by molar-refractivity contribution is -0.114. The number of amides is 1. The number of nitrogens with one attached hydrogen (secondary N) is 1. The van der Waals surface area contributed by atoms with Gasteiger partial charge in [-0.25, -0.2) is 13.6 Å². The number of anilines is 1. The fourth-order valence-corrected chi connectivity index (χ4v) is 3.73. The van der Waals surface area contributed by atoms with Crippen molar-refractivity contribution in [3.8, 4) is 22.6 Å². The zero-order valence-corrected chi connectivity index (χ0v) is 17.5. The molecule has 0 unspecified atom stereocenters. The number of hydrogen-bond donors (Lipinski definition) is 2. The molecule has 0 fully saturated rings. The molecular weight excluding hydrogens is 435 g/mol. The number of ether oxygens (including phenoxy) is 1. The maximum absolute atomic E-state index is 12.2. The molecule has 3 N–H and O–H groups in total. The van der Waals surface area contributed by atoms with E-state index in [2.05, 4.69) is 5.32 Å². The minimum atomic E-state index is -4.12. The van der Waals surface area contributed by atoms with Gasteiger partial charge >= 0.3 is 0 Å². The molecule has 0 spiro atoms. The first-order valence-electron chi connectivity index (χ1n) is 8.31. The molecule has 0 saturated carbocycles. The summed E-state index contributed by atoms with van der Waals surface area (Å²) in [6.45, 7) is 1.37. The second-order valence-electron chi connectivity index (χ2n) is 6.14. The number of carbonyl (C=O) groups excluding carboxylic acids is 1. The van der Waals surface area contributed by atoms with Crippen LogP contribution in [0.2, 0.25) is 10.0 Å². The summed E-state index contributed by atoms with van der Waals surface area (Å²) in [6, 6.07) is 15.9. The van der Waals surface area contributed by atoms with Crippen LogP contribution >= 0.6 is 23.2 Å². The van der Waals surface area contributed by atoms with Crippen LogP contribution in [0.3, 0.4) is 0 Å². The van der Waals surface area contributed by atoms with E-state index in [1.165, 1.54) is 19.1 Å². The third kappa shape index (κ3) is 5.27. The molecule has 29 heavy (non-hydrogen) atoms. The third-order valence-corrected chi connectivity index (χ3v) is 5.28. The lowest BCUT2D eigenvalue weighted by Gasteiger charge is -2.14. The molecule has 0 radical (unpaired) electrons. The molecule has 3 rings (SSSR count). The van der Waals surface area contributed by atoms with E-state index < -0.39 is 10.0 Å². The van der Waals surface area contributed by atoms with Gasteiger partial charge in [0, 0.05) is 28.2 Å².